The van der Waals surface area contributed by atoms with Crippen molar-refractivity contribution in [3.05, 3.63) is 53.6 Å². The number of methoxy groups -OCH3 is 1. The number of benzene rings is 2. The fourth-order valence-corrected chi connectivity index (χ4v) is 3.64. The van der Waals surface area contributed by atoms with Crippen molar-refractivity contribution in [2.45, 2.75) is 38.1 Å². The van der Waals surface area contributed by atoms with Crippen LogP contribution < -0.4 is 14.8 Å². The summed E-state index contributed by atoms with van der Waals surface area (Å²) in [7, 11) is -2.28. The van der Waals surface area contributed by atoms with Gasteiger partial charge in [-0.1, -0.05) is 13.0 Å². The number of aryl methyl sites for hydroxylation is 1. The maximum absolute atomic E-state index is 12.8. The van der Waals surface area contributed by atoms with Gasteiger partial charge in [0.05, 0.1) is 12.0 Å². The van der Waals surface area contributed by atoms with Gasteiger partial charge in [-0.3, -0.25) is 9.52 Å². The first-order valence-electron chi connectivity index (χ1n) is 8.35. The van der Waals surface area contributed by atoms with E-state index in [0.717, 1.165) is 6.42 Å². The Balaban J connectivity index is 2.30. The van der Waals surface area contributed by atoms with E-state index in [1.165, 1.54) is 6.07 Å². The number of hydrogen-bond donors (Lipinski definition) is 2. The van der Waals surface area contributed by atoms with E-state index < -0.39 is 10.0 Å². The summed E-state index contributed by atoms with van der Waals surface area (Å²) >= 11 is 0. The molecule has 0 saturated carbocycles. The van der Waals surface area contributed by atoms with Gasteiger partial charge in [0.15, 0.2) is 0 Å². The third-order valence-corrected chi connectivity index (χ3v) is 5.60. The van der Waals surface area contributed by atoms with Crippen LogP contribution in [0.5, 0.6) is 5.75 Å². The second kappa shape index (κ2) is 8.23. The predicted octanol–water partition coefficient (Wildman–Crippen LogP) is 3.33. The van der Waals surface area contributed by atoms with Gasteiger partial charge in [-0.05, 0) is 62.2 Å². The highest BCUT2D eigenvalue weighted by atomic mass is 32.2. The molecule has 0 heterocycles. The summed E-state index contributed by atoms with van der Waals surface area (Å²) < 4.78 is 33.1. The molecule has 0 bridgehead atoms. The zero-order valence-electron chi connectivity index (χ0n) is 15.4. The van der Waals surface area contributed by atoms with Crippen LogP contribution in [0.1, 0.15) is 36.2 Å². The third kappa shape index (κ3) is 4.76. The Labute approximate surface area is 154 Å². The van der Waals surface area contributed by atoms with Gasteiger partial charge in [-0.2, -0.15) is 0 Å². The Hall–Kier alpha value is -2.54. The molecule has 140 valence electrons. The summed E-state index contributed by atoms with van der Waals surface area (Å²) in [6, 6.07) is 11.2. The average Bonchev–Trinajstić information content (AvgIpc) is 2.62. The topological polar surface area (TPSA) is 84.5 Å². The van der Waals surface area contributed by atoms with Crippen molar-refractivity contribution in [1.29, 1.82) is 0 Å². The molecule has 0 aromatic heterocycles. The minimum Gasteiger partial charge on any atom is -0.497 e. The van der Waals surface area contributed by atoms with E-state index in [9.17, 15) is 13.2 Å². The van der Waals surface area contributed by atoms with Crippen LogP contribution in [0.25, 0.3) is 0 Å². The monoisotopic (exact) mass is 376 g/mol. The number of amides is 1. The van der Waals surface area contributed by atoms with Gasteiger partial charge in [-0.25, -0.2) is 8.42 Å². The second-order valence-electron chi connectivity index (χ2n) is 6.10. The van der Waals surface area contributed by atoms with Gasteiger partial charge >= 0.3 is 0 Å². The molecule has 1 atom stereocenters. The highest BCUT2D eigenvalue weighted by molar-refractivity contribution is 7.92. The average molecular weight is 376 g/mol. The van der Waals surface area contributed by atoms with E-state index in [1.54, 1.807) is 50.4 Å². The van der Waals surface area contributed by atoms with Crippen LogP contribution >= 0.6 is 0 Å². The summed E-state index contributed by atoms with van der Waals surface area (Å²) in [5.74, 6) is 0.341. The summed E-state index contributed by atoms with van der Waals surface area (Å²) in [6.45, 7) is 5.56. The van der Waals surface area contributed by atoms with E-state index >= 15 is 0 Å². The Morgan fingerprint density at radius 2 is 1.81 bits per heavy atom. The second-order valence-corrected chi connectivity index (χ2v) is 7.75. The fraction of sp³-hybridized carbons (Fsp3) is 0.316. The first-order chi connectivity index (χ1) is 12.3. The van der Waals surface area contributed by atoms with Crippen LogP contribution in [0.15, 0.2) is 47.4 Å². The number of ether oxygens (including phenoxy) is 1. The van der Waals surface area contributed by atoms with Crippen LogP contribution in [0.3, 0.4) is 0 Å². The van der Waals surface area contributed by atoms with Gasteiger partial charge in [0, 0.05) is 17.3 Å². The Bertz CT molecular complexity index is 877. The predicted molar refractivity (Wildman–Crippen MR) is 102 cm³/mol. The van der Waals surface area contributed by atoms with E-state index in [4.69, 9.17) is 4.74 Å². The molecule has 7 heteroatoms. The lowest BCUT2D eigenvalue weighted by Gasteiger charge is -2.14. The highest BCUT2D eigenvalue weighted by Crippen LogP contribution is 2.22. The number of carbonyl (C=O) groups excluding carboxylic acids is 1. The smallest absolute Gasteiger partial charge is 0.262 e. The van der Waals surface area contributed by atoms with Crippen molar-refractivity contribution < 1.29 is 17.9 Å². The molecule has 0 aliphatic rings. The summed E-state index contributed by atoms with van der Waals surface area (Å²) in [5, 5.41) is 2.84. The zero-order chi connectivity index (χ0) is 19.3. The molecule has 0 aliphatic heterocycles. The minimum atomic E-state index is -3.82. The van der Waals surface area contributed by atoms with Crippen molar-refractivity contribution in [1.82, 2.24) is 5.32 Å². The van der Waals surface area contributed by atoms with Gasteiger partial charge < -0.3 is 10.1 Å². The number of anilines is 1. The molecule has 2 rings (SSSR count). The quantitative estimate of drug-likeness (QED) is 0.776. The summed E-state index contributed by atoms with van der Waals surface area (Å²) in [6.07, 6.45) is 0.793. The normalized spacial score (nSPS) is 12.3. The first-order valence-corrected chi connectivity index (χ1v) is 9.83. The molecular weight excluding hydrogens is 352 g/mol. The fourth-order valence-electron chi connectivity index (χ4n) is 2.31. The third-order valence-electron chi connectivity index (χ3n) is 4.07. The molecule has 1 unspecified atom stereocenters. The van der Waals surface area contributed by atoms with Gasteiger partial charge in [0.25, 0.3) is 15.9 Å². The van der Waals surface area contributed by atoms with Gasteiger partial charge in [-0.15, -0.1) is 0 Å². The van der Waals surface area contributed by atoms with Crippen molar-refractivity contribution in [2.24, 2.45) is 0 Å². The van der Waals surface area contributed by atoms with E-state index in [0.29, 0.717) is 22.6 Å². The van der Waals surface area contributed by atoms with Crippen molar-refractivity contribution in [2.75, 3.05) is 11.8 Å². The molecule has 0 saturated heterocycles. The van der Waals surface area contributed by atoms with Crippen LogP contribution in [0.4, 0.5) is 5.69 Å². The molecule has 1 amide bonds. The SMILES string of the molecule is CCC(C)NC(=O)c1ccc(C)c(S(=O)(=O)Nc2ccc(OC)cc2)c1. The van der Waals surface area contributed by atoms with Gasteiger partial charge in [0.2, 0.25) is 0 Å². The largest absolute Gasteiger partial charge is 0.497 e. The first kappa shape index (κ1) is 19.8. The highest BCUT2D eigenvalue weighted by Gasteiger charge is 2.20. The van der Waals surface area contributed by atoms with E-state index in [2.05, 4.69) is 10.0 Å². The Kier molecular flexibility index (Phi) is 6.26. The standard InChI is InChI=1S/C19H24N2O4S/c1-5-14(3)20-19(22)15-7-6-13(2)18(12-15)26(23,24)21-16-8-10-17(25-4)11-9-16/h6-12,14,21H,5H2,1-4H3,(H,20,22). The molecule has 2 aromatic carbocycles. The van der Waals surface area contributed by atoms with Gasteiger partial charge in [0.1, 0.15) is 5.75 Å². The van der Waals surface area contributed by atoms with Crippen molar-refractivity contribution in [3.63, 3.8) is 0 Å². The maximum Gasteiger partial charge on any atom is 0.262 e. The summed E-state index contributed by atoms with van der Waals surface area (Å²) in [5.41, 5.74) is 1.29. The number of carbonyl (C=O) groups is 1. The van der Waals surface area contributed by atoms with Crippen LogP contribution in [-0.2, 0) is 10.0 Å². The molecule has 26 heavy (non-hydrogen) atoms. The molecule has 6 nitrogen and oxygen atoms in total. The zero-order valence-corrected chi connectivity index (χ0v) is 16.2. The minimum absolute atomic E-state index is 0.0151. The van der Waals surface area contributed by atoms with Crippen LogP contribution in [-0.4, -0.2) is 27.5 Å². The van der Waals surface area contributed by atoms with E-state index in [-0.39, 0.29) is 16.8 Å². The van der Waals surface area contributed by atoms with Crippen molar-refractivity contribution in [3.8, 4) is 5.75 Å². The lowest BCUT2D eigenvalue weighted by Crippen LogP contribution is -2.32. The Morgan fingerprint density at radius 1 is 1.15 bits per heavy atom. The van der Waals surface area contributed by atoms with Crippen molar-refractivity contribution >= 4 is 21.6 Å². The summed E-state index contributed by atoms with van der Waals surface area (Å²) in [4.78, 5) is 12.4. The van der Waals surface area contributed by atoms with Crippen LogP contribution in [0.2, 0.25) is 0 Å². The molecule has 2 N–H and O–H groups in total. The Morgan fingerprint density at radius 3 is 2.38 bits per heavy atom. The molecular formula is C19H24N2O4S. The molecule has 0 aliphatic carbocycles. The number of hydrogen-bond acceptors (Lipinski definition) is 4. The van der Waals surface area contributed by atoms with Crippen LogP contribution in [0, 0.1) is 6.92 Å². The number of sulfonamides is 1. The molecule has 0 fully saturated rings. The van der Waals surface area contributed by atoms with E-state index in [1.807, 2.05) is 13.8 Å². The number of rotatable bonds is 7. The molecule has 2 aromatic rings. The lowest BCUT2D eigenvalue weighted by molar-refractivity contribution is 0.0939. The maximum atomic E-state index is 12.8. The molecule has 0 radical (unpaired) electrons. The number of nitrogens with one attached hydrogen (secondary N) is 2. The molecule has 0 spiro atoms. The lowest BCUT2D eigenvalue weighted by atomic mass is 10.1.